The van der Waals surface area contributed by atoms with Gasteiger partial charge < -0.3 is 15.1 Å². The maximum atomic E-state index is 14.1. The van der Waals surface area contributed by atoms with Gasteiger partial charge in [0.15, 0.2) is 0 Å². The van der Waals surface area contributed by atoms with Crippen LogP contribution < -0.4 is 10.2 Å². The highest BCUT2D eigenvalue weighted by molar-refractivity contribution is 6.03. The molecule has 0 fully saturated rings. The zero-order chi connectivity index (χ0) is 29.9. The fourth-order valence-corrected chi connectivity index (χ4v) is 5.11. The van der Waals surface area contributed by atoms with Gasteiger partial charge in [-0.1, -0.05) is 142 Å². The Morgan fingerprint density at radius 2 is 1.31 bits per heavy atom. The molecule has 1 N–H and O–H groups in total. The number of amides is 2. The van der Waals surface area contributed by atoms with Crippen LogP contribution in [-0.4, -0.2) is 29.8 Å². The molecule has 42 heavy (non-hydrogen) atoms. The summed E-state index contributed by atoms with van der Waals surface area (Å²) in [5.74, 6) is -0.272. The Morgan fingerprint density at radius 3 is 1.90 bits per heavy atom. The molecular weight excluding hydrogens is 518 g/mol. The third kappa shape index (κ3) is 7.16. The maximum Gasteiger partial charge on any atom is 0.249 e. The summed E-state index contributed by atoms with van der Waals surface area (Å²) in [6, 6.07) is 35.7. The summed E-state index contributed by atoms with van der Waals surface area (Å²) in [4.78, 5) is 31.8. The Labute approximate surface area is 250 Å². The van der Waals surface area contributed by atoms with Crippen molar-refractivity contribution in [2.45, 2.75) is 51.7 Å². The van der Waals surface area contributed by atoms with Crippen LogP contribution in [0.5, 0.6) is 0 Å². The van der Waals surface area contributed by atoms with Gasteiger partial charge in [-0.3, -0.25) is 9.59 Å². The summed E-state index contributed by atoms with van der Waals surface area (Å²) >= 11 is 0. The number of hydrogen-bond acceptors (Lipinski definition) is 3. The molecule has 2 amide bonds. The Morgan fingerprint density at radius 1 is 0.786 bits per heavy atom. The van der Waals surface area contributed by atoms with E-state index in [2.05, 4.69) is 25.7 Å². The Balaban J connectivity index is 0.000000952. The van der Waals surface area contributed by atoms with Crippen molar-refractivity contribution in [2.75, 3.05) is 11.9 Å². The van der Waals surface area contributed by atoms with Crippen LogP contribution in [0.1, 0.15) is 55.0 Å². The zero-order valence-corrected chi connectivity index (χ0v) is 24.9. The minimum Gasteiger partial charge on any atom is -0.350 e. The van der Waals surface area contributed by atoms with Crippen LogP contribution in [0.25, 0.3) is 5.70 Å². The van der Waals surface area contributed by atoms with E-state index in [0.29, 0.717) is 18.7 Å². The molecule has 0 spiro atoms. The van der Waals surface area contributed by atoms with E-state index in [1.54, 1.807) is 11.9 Å². The predicted octanol–water partition coefficient (Wildman–Crippen LogP) is 7.41. The molecule has 2 unspecified atom stereocenters. The number of likely N-dealkylation sites (N-methyl/N-ethyl adjacent to an activating group) is 1. The van der Waals surface area contributed by atoms with Gasteiger partial charge in [-0.2, -0.15) is 0 Å². The van der Waals surface area contributed by atoms with Crippen LogP contribution in [0, 0.1) is 0 Å². The minimum atomic E-state index is -0.760. The molecule has 0 aliphatic carbocycles. The second kappa shape index (κ2) is 14.8. The molecule has 4 aromatic carbocycles. The second-order valence-corrected chi connectivity index (χ2v) is 10.5. The first-order valence-electron chi connectivity index (χ1n) is 14.7. The molecule has 5 nitrogen and oxygen atoms in total. The van der Waals surface area contributed by atoms with Gasteiger partial charge in [0.2, 0.25) is 11.8 Å². The van der Waals surface area contributed by atoms with Crippen molar-refractivity contribution in [1.29, 1.82) is 0 Å². The van der Waals surface area contributed by atoms with Crippen LogP contribution in [-0.2, 0) is 22.6 Å². The average Bonchev–Trinajstić information content (AvgIpc) is 3.12. The van der Waals surface area contributed by atoms with Gasteiger partial charge in [-0.25, -0.2) is 0 Å². The molecule has 0 bridgehead atoms. The quantitative estimate of drug-likeness (QED) is 0.245. The third-order valence-corrected chi connectivity index (χ3v) is 7.56. The van der Waals surface area contributed by atoms with Gasteiger partial charge in [-0.15, -0.1) is 0 Å². The highest BCUT2D eigenvalue weighted by Crippen LogP contribution is 2.40. The van der Waals surface area contributed by atoms with Crippen LogP contribution in [0.4, 0.5) is 5.69 Å². The SMILES string of the molecule is C=C1c2ccccc2N(C)C(=O)C(Cc2ccccc2)N1C(C(=O)NCc1ccccc1)c1ccccc1.CCCC. The minimum absolute atomic E-state index is 0.0863. The fourth-order valence-electron chi connectivity index (χ4n) is 5.11. The summed E-state index contributed by atoms with van der Waals surface area (Å²) in [5, 5.41) is 3.12. The molecular formula is C37H41N3O2. The Bertz CT molecular complexity index is 1450. The molecule has 0 saturated carbocycles. The van der Waals surface area contributed by atoms with Crippen molar-refractivity contribution in [1.82, 2.24) is 10.2 Å². The van der Waals surface area contributed by atoms with Crippen LogP contribution in [0.2, 0.25) is 0 Å². The molecule has 0 radical (unpaired) electrons. The van der Waals surface area contributed by atoms with E-state index >= 15 is 0 Å². The zero-order valence-electron chi connectivity index (χ0n) is 24.9. The maximum absolute atomic E-state index is 14.1. The number of rotatable bonds is 8. The molecule has 1 aliphatic rings. The van der Waals surface area contributed by atoms with Crippen molar-refractivity contribution in [3.05, 3.63) is 144 Å². The molecule has 1 aliphatic heterocycles. The topological polar surface area (TPSA) is 52.7 Å². The molecule has 1 heterocycles. The average molecular weight is 560 g/mol. The van der Waals surface area contributed by atoms with Gasteiger partial charge >= 0.3 is 0 Å². The summed E-state index contributed by atoms with van der Waals surface area (Å²) in [5.41, 5.74) is 5.06. The highest BCUT2D eigenvalue weighted by Gasteiger charge is 2.41. The lowest BCUT2D eigenvalue weighted by molar-refractivity contribution is -0.129. The van der Waals surface area contributed by atoms with Gasteiger partial charge in [0, 0.05) is 31.3 Å². The van der Waals surface area contributed by atoms with Crippen LogP contribution in [0.3, 0.4) is 0 Å². The van der Waals surface area contributed by atoms with Gasteiger partial charge in [-0.05, 0) is 22.8 Å². The van der Waals surface area contributed by atoms with E-state index in [1.807, 2.05) is 120 Å². The first-order chi connectivity index (χ1) is 20.5. The van der Waals surface area contributed by atoms with E-state index in [-0.39, 0.29) is 11.8 Å². The van der Waals surface area contributed by atoms with Crippen LogP contribution >= 0.6 is 0 Å². The van der Waals surface area contributed by atoms with Gasteiger partial charge in [0.25, 0.3) is 0 Å². The molecule has 2 atom stereocenters. The van der Waals surface area contributed by atoms with Gasteiger partial charge in [0.05, 0.1) is 5.69 Å². The van der Waals surface area contributed by atoms with E-state index < -0.39 is 12.1 Å². The van der Waals surface area contributed by atoms with Crippen molar-refractivity contribution in [3.8, 4) is 0 Å². The van der Waals surface area contributed by atoms with E-state index in [1.165, 1.54) is 12.8 Å². The molecule has 216 valence electrons. The number of nitrogens with one attached hydrogen (secondary N) is 1. The number of fused-ring (bicyclic) bond motifs is 1. The first kappa shape index (κ1) is 30.3. The standard InChI is InChI=1S/C33H31N3O2.C4H10/c1-24-28-20-12-13-21-29(28)35(2)33(38)30(22-25-14-6-3-7-15-25)36(24)31(27-18-10-5-11-19-27)32(37)34-23-26-16-8-4-9-17-26;1-3-4-2/h3-21,30-31H,1,22-23H2,2H3,(H,34,37);3-4H2,1-2H3. The lowest BCUT2D eigenvalue weighted by atomic mass is 9.96. The van der Waals surface area contributed by atoms with Crippen molar-refractivity contribution in [2.24, 2.45) is 0 Å². The van der Waals surface area contributed by atoms with E-state index in [0.717, 1.165) is 27.9 Å². The smallest absolute Gasteiger partial charge is 0.249 e. The molecule has 4 aromatic rings. The normalized spacial score (nSPS) is 15.2. The lowest BCUT2D eigenvalue weighted by Crippen LogP contribution is -2.50. The second-order valence-electron chi connectivity index (χ2n) is 10.5. The predicted molar refractivity (Wildman–Crippen MR) is 173 cm³/mol. The van der Waals surface area contributed by atoms with E-state index in [4.69, 9.17) is 0 Å². The third-order valence-electron chi connectivity index (χ3n) is 7.56. The number of carbonyl (C=O) groups is 2. The molecule has 0 saturated heterocycles. The number of hydrogen-bond donors (Lipinski definition) is 1. The summed E-state index contributed by atoms with van der Waals surface area (Å²) in [7, 11) is 1.79. The summed E-state index contributed by atoms with van der Waals surface area (Å²) in [6.45, 7) is 9.22. The number of para-hydroxylation sites is 1. The largest absolute Gasteiger partial charge is 0.350 e. The Kier molecular flexibility index (Phi) is 10.7. The lowest BCUT2D eigenvalue weighted by Gasteiger charge is -2.39. The number of anilines is 1. The monoisotopic (exact) mass is 559 g/mol. The van der Waals surface area contributed by atoms with Crippen molar-refractivity contribution >= 4 is 23.2 Å². The Hall–Kier alpha value is -4.64. The fraction of sp³-hybridized carbons (Fsp3) is 0.243. The van der Waals surface area contributed by atoms with Gasteiger partial charge in [0.1, 0.15) is 12.1 Å². The number of unbranched alkanes of at least 4 members (excludes halogenated alkanes) is 1. The van der Waals surface area contributed by atoms with Crippen molar-refractivity contribution in [3.63, 3.8) is 0 Å². The van der Waals surface area contributed by atoms with E-state index in [9.17, 15) is 9.59 Å². The van der Waals surface area contributed by atoms with Crippen LogP contribution in [0.15, 0.2) is 122 Å². The number of nitrogens with zero attached hydrogens (tertiary/aromatic N) is 2. The first-order valence-corrected chi connectivity index (χ1v) is 14.7. The highest BCUT2D eigenvalue weighted by atomic mass is 16.2. The summed E-state index contributed by atoms with van der Waals surface area (Å²) in [6.07, 6.45) is 3.08. The molecule has 5 heteroatoms. The van der Waals surface area contributed by atoms with Crippen molar-refractivity contribution < 1.29 is 9.59 Å². The number of benzene rings is 4. The molecule has 5 rings (SSSR count). The summed E-state index contributed by atoms with van der Waals surface area (Å²) < 4.78 is 0. The molecule has 0 aromatic heterocycles. The number of carbonyl (C=O) groups excluding carboxylic acids is 2.